The van der Waals surface area contributed by atoms with Crippen molar-refractivity contribution >= 4 is 46.4 Å². The Morgan fingerprint density at radius 3 is 1.07 bits per heavy atom. The first-order valence-electron chi connectivity index (χ1n) is 5.14. The lowest BCUT2D eigenvalue weighted by molar-refractivity contribution is 0.248. The molecule has 0 radical (unpaired) electrons. The van der Waals surface area contributed by atoms with Crippen LogP contribution in [0.25, 0.3) is 0 Å². The number of epoxide rings is 1. The summed E-state index contributed by atoms with van der Waals surface area (Å²) in [6.45, 7) is 0. The number of alkyl halides is 4. The Bertz CT molecular complexity index is 166. The van der Waals surface area contributed by atoms with Crippen LogP contribution in [0.15, 0.2) is 0 Å². The lowest BCUT2D eigenvalue weighted by Gasteiger charge is -2.17. The number of ether oxygens (including phenoxy) is 1. The minimum absolute atomic E-state index is 0.166. The highest BCUT2D eigenvalue weighted by Gasteiger charge is 2.67. The molecule has 0 aliphatic carbocycles. The minimum atomic E-state index is -0.166. The number of halogens is 4. The van der Waals surface area contributed by atoms with Crippen LogP contribution < -0.4 is 0 Å². The summed E-state index contributed by atoms with van der Waals surface area (Å²) in [5.41, 5.74) is -0.333. The van der Waals surface area contributed by atoms with Crippen molar-refractivity contribution in [2.24, 2.45) is 0 Å². The molecule has 0 unspecified atom stereocenters. The van der Waals surface area contributed by atoms with E-state index < -0.39 is 0 Å². The first-order chi connectivity index (χ1) is 7.20. The summed E-state index contributed by atoms with van der Waals surface area (Å²) in [7, 11) is 0. The van der Waals surface area contributed by atoms with Crippen LogP contribution in [0.5, 0.6) is 0 Å². The van der Waals surface area contributed by atoms with Crippen molar-refractivity contribution in [3.05, 3.63) is 0 Å². The highest BCUT2D eigenvalue weighted by molar-refractivity contribution is 6.19. The largest absolute Gasteiger partial charge is 0.362 e. The van der Waals surface area contributed by atoms with E-state index in [1.165, 1.54) is 0 Å². The molecule has 1 saturated heterocycles. The van der Waals surface area contributed by atoms with Gasteiger partial charge in [0.2, 0.25) is 0 Å². The van der Waals surface area contributed by atoms with Gasteiger partial charge in [-0.25, -0.2) is 0 Å². The van der Waals surface area contributed by atoms with E-state index in [0.717, 1.165) is 25.7 Å². The average Bonchev–Trinajstić information content (AvgIpc) is 2.75. The van der Waals surface area contributed by atoms with Gasteiger partial charge in [0.15, 0.2) is 0 Å². The average molecular weight is 294 g/mol. The van der Waals surface area contributed by atoms with Gasteiger partial charge >= 0.3 is 0 Å². The zero-order valence-corrected chi connectivity index (χ0v) is 11.6. The van der Waals surface area contributed by atoms with Crippen molar-refractivity contribution in [2.45, 2.75) is 36.9 Å². The highest BCUT2D eigenvalue weighted by atomic mass is 35.5. The quantitative estimate of drug-likeness (QED) is 0.487. The van der Waals surface area contributed by atoms with Gasteiger partial charge in [0.1, 0.15) is 11.2 Å². The molecule has 0 aromatic heterocycles. The Morgan fingerprint density at radius 2 is 0.867 bits per heavy atom. The fourth-order valence-electron chi connectivity index (χ4n) is 2.32. The molecule has 5 heteroatoms. The lowest BCUT2D eigenvalue weighted by atomic mass is 9.84. The van der Waals surface area contributed by atoms with Crippen molar-refractivity contribution in [2.75, 3.05) is 23.5 Å². The summed E-state index contributed by atoms with van der Waals surface area (Å²) < 4.78 is 5.92. The SMILES string of the molecule is ClCCC1(CCCl)OC1(CCCl)CCCl. The van der Waals surface area contributed by atoms with Crippen molar-refractivity contribution in [3.8, 4) is 0 Å². The molecule has 1 rings (SSSR count). The third-order valence-corrected chi connectivity index (χ3v) is 3.93. The summed E-state index contributed by atoms with van der Waals surface area (Å²) in [5.74, 6) is 2.35. The monoisotopic (exact) mass is 292 g/mol. The maximum atomic E-state index is 5.92. The number of hydrogen-bond acceptors (Lipinski definition) is 1. The number of rotatable bonds is 8. The normalized spacial score (nSPS) is 21.6. The Balaban J connectivity index is 2.66. The van der Waals surface area contributed by atoms with Gasteiger partial charge in [-0.1, -0.05) is 0 Å². The van der Waals surface area contributed by atoms with E-state index in [9.17, 15) is 0 Å². The molecule has 1 aliphatic heterocycles. The van der Waals surface area contributed by atoms with Crippen molar-refractivity contribution in [1.29, 1.82) is 0 Å². The first kappa shape index (κ1) is 14.2. The molecule has 0 amide bonds. The number of hydrogen-bond donors (Lipinski definition) is 0. The fourth-order valence-corrected chi connectivity index (χ4v) is 3.55. The van der Waals surface area contributed by atoms with Crippen molar-refractivity contribution in [3.63, 3.8) is 0 Å². The van der Waals surface area contributed by atoms with Gasteiger partial charge in [0, 0.05) is 23.5 Å². The van der Waals surface area contributed by atoms with E-state index in [1.54, 1.807) is 0 Å². The van der Waals surface area contributed by atoms with Gasteiger partial charge in [0.25, 0.3) is 0 Å². The molecular weight excluding hydrogens is 278 g/mol. The van der Waals surface area contributed by atoms with Gasteiger partial charge in [-0.15, -0.1) is 46.4 Å². The van der Waals surface area contributed by atoms with Crippen LogP contribution in [-0.2, 0) is 4.74 Å². The van der Waals surface area contributed by atoms with Crippen LogP contribution in [0.4, 0.5) is 0 Å². The molecule has 1 fully saturated rings. The highest BCUT2D eigenvalue weighted by Crippen LogP contribution is 2.57. The van der Waals surface area contributed by atoms with Gasteiger partial charge in [-0.05, 0) is 25.7 Å². The van der Waals surface area contributed by atoms with Crippen LogP contribution in [0, 0.1) is 0 Å². The maximum absolute atomic E-state index is 5.92. The topological polar surface area (TPSA) is 12.5 Å². The molecule has 1 heterocycles. The predicted molar refractivity (Wildman–Crippen MR) is 67.9 cm³/mol. The van der Waals surface area contributed by atoms with E-state index in [1.807, 2.05) is 0 Å². The second kappa shape index (κ2) is 6.16. The van der Waals surface area contributed by atoms with Crippen molar-refractivity contribution in [1.82, 2.24) is 0 Å². The first-order valence-corrected chi connectivity index (χ1v) is 7.28. The maximum Gasteiger partial charge on any atom is 0.100 e. The van der Waals surface area contributed by atoms with Crippen LogP contribution in [-0.4, -0.2) is 34.7 Å². The molecule has 1 nitrogen and oxygen atoms in total. The smallest absolute Gasteiger partial charge is 0.100 e. The zero-order chi connectivity index (χ0) is 11.4. The standard InChI is InChI=1S/C10H16Cl4O/c11-5-1-9(2-6-12)10(15-9,3-7-13)4-8-14/h1-8H2. The van der Waals surface area contributed by atoms with E-state index >= 15 is 0 Å². The zero-order valence-electron chi connectivity index (χ0n) is 8.58. The summed E-state index contributed by atoms with van der Waals surface area (Å²) >= 11 is 23.2. The molecule has 0 bridgehead atoms. The van der Waals surface area contributed by atoms with E-state index in [-0.39, 0.29) is 11.2 Å². The Labute approximate surface area is 111 Å². The Morgan fingerprint density at radius 1 is 0.600 bits per heavy atom. The predicted octanol–water partition coefficient (Wildman–Crippen LogP) is 4.01. The fraction of sp³-hybridized carbons (Fsp3) is 1.00. The Kier molecular flexibility index (Phi) is 5.83. The van der Waals surface area contributed by atoms with Gasteiger partial charge in [-0.3, -0.25) is 0 Å². The summed E-state index contributed by atoms with van der Waals surface area (Å²) in [6, 6.07) is 0. The van der Waals surface area contributed by atoms with Gasteiger partial charge in [-0.2, -0.15) is 0 Å². The summed E-state index contributed by atoms with van der Waals surface area (Å²) in [5, 5.41) is 0. The van der Waals surface area contributed by atoms with Crippen LogP contribution in [0.1, 0.15) is 25.7 Å². The lowest BCUT2D eigenvalue weighted by Crippen LogP contribution is -2.28. The minimum Gasteiger partial charge on any atom is -0.362 e. The van der Waals surface area contributed by atoms with Crippen LogP contribution >= 0.6 is 46.4 Å². The van der Waals surface area contributed by atoms with E-state index in [2.05, 4.69) is 0 Å². The molecule has 0 saturated carbocycles. The molecule has 15 heavy (non-hydrogen) atoms. The summed E-state index contributed by atoms with van der Waals surface area (Å²) in [4.78, 5) is 0. The molecule has 0 aromatic carbocycles. The van der Waals surface area contributed by atoms with Crippen molar-refractivity contribution < 1.29 is 4.74 Å². The van der Waals surface area contributed by atoms with Crippen LogP contribution in [0.3, 0.4) is 0 Å². The van der Waals surface area contributed by atoms with E-state index in [0.29, 0.717) is 23.5 Å². The molecule has 90 valence electrons. The van der Waals surface area contributed by atoms with E-state index in [4.69, 9.17) is 51.1 Å². The third-order valence-electron chi connectivity index (χ3n) is 3.17. The molecular formula is C10H16Cl4O. The molecule has 0 atom stereocenters. The van der Waals surface area contributed by atoms with Gasteiger partial charge < -0.3 is 4.74 Å². The molecule has 1 aliphatic rings. The van der Waals surface area contributed by atoms with Crippen LogP contribution in [0.2, 0.25) is 0 Å². The Hall–Kier alpha value is 1.12. The second-order valence-electron chi connectivity index (χ2n) is 3.85. The molecule has 0 N–H and O–H groups in total. The molecule has 0 aromatic rings. The molecule has 0 spiro atoms. The second-order valence-corrected chi connectivity index (χ2v) is 5.36. The summed E-state index contributed by atoms with van der Waals surface area (Å²) in [6.07, 6.45) is 3.31. The third kappa shape index (κ3) is 2.87. The van der Waals surface area contributed by atoms with Gasteiger partial charge in [0.05, 0.1) is 0 Å².